The van der Waals surface area contributed by atoms with Crippen LogP contribution in [-0.2, 0) is 20.8 Å². The zero-order chi connectivity index (χ0) is 24.4. The summed E-state index contributed by atoms with van der Waals surface area (Å²) in [5, 5.41) is 9.06. The van der Waals surface area contributed by atoms with Gasteiger partial charge < -0.3 is 9.47 Å². The van der Waals surface area contributed by atoms with Gasteiger partial charge in [0.2, 0.25) is 0 Å². The van der Waals surface area contributed by atoms with Crippen LogP contribution in [0.15, 0.2) is 5.76 Å². The first-order valence-electron chi connectivity index (χ1n) is 12.7. The number of aryl methyl sites for hydroxylation is 1. The number of hydrogen-bond donors (Lipinski definition) is 0. The molecule has 2 fully saturated rings. The van der Waals surface area contributed by atoms with Crippen LogP contribution in [-0.4, -0.2) is 41.6 Å². The summed E-state index contributed by atoms with van der Waals surface area (Å²) in [6.07, 6.45) is 8.69. The highest BCUT2D eigenvalue weighted by Gasteiger charge is 2.56. The van der Waals surface area contributed by atoms with Crippen LogP contribution in [0.25, 0.3) is 6.08 Å². The second-order valence-corrected chi connectivity index (χ2v) is 11.2. The fourth-order valence-corrected chi connectivity index (χ4v) is 7.42. The molecule has 0 aliphatic heterocycles. The third kappa shape index (κ3) is 5.06. The summed E-state index contributed by atoms with van der Waals surface area (Å²) < 4.78 is 10.9. The number of ketones is 1. The molecule has 0 bridgehead atoms. The van der Waals surface area contributed by atoms with Gasteiger partial charge in [0.1, 0.15) is 12.2 Å². The minimum absolute atomic E-state index is 0.0742. The van der Waals surface area contributed by atoms with Crippen molar-refractivity contribution in [1.29, 1.82) is 0 Å². The van der Waals surface area contributed by atoms with Crippen molar-refractivity contribution in [2.24, 2.45) is 34.5 Å². The molecule has 1 aromatic rings. The van der Waals surface area contributed by atoms with Crippen LogP contribution < -0.4 is 0 Å². The van der Waals surface area contributed by atoms with Gasteiger partial charge in [0, 0.05) is 19.1 Å². The molecule has 1 aromatic heterocycles. The van der Waals surface area contributed by atoms with Gasteiger partial charge in [0.05, 0.1) is 25.2 Å². The number of hydrogen-bond acceptors (Lipinski definition) is 5. The summed E-state index contributed by atoms with van der Waals surface area (Å²) in [5.74, 6) is 3.00. The third-order valence-electron chi connectivity index (χ3n) is 9.07. The highest BCUT2D eigenvalue weighted by molar-refractivity contribution is 5.82. The first-order chi connectivity index (χ1) is 15.6. The summed E-state index contributed by atoms with van der Waals surface area (Å²) in [6, 6.07) is 0. The third-order valence-corrected chi connectivity index (χ3v) is 9.07. The van der Waals surface area contributed by atoms with Gasteiger partial charge in [-0.2, -0.15) is 15.0 Å². The predicted molar refractivity (Wildman–Crippen MR) is 132 cm³/mol. The second kappa shape index (κ2) is 10.3. The number of ether oxygens (including phenoxy) is 2. The summed E-state index contributed by atoms with van der Waals surface area (Å²) in [4.78, 5) is 15.1. The van der Waals surface area contributed by atoms with Gasteiger partial charge >= 0.3 is 0 Å². The molecule has 2 aliphatic carbocycles. The lowest BCUT2D eigenvalue weighted by molar-refractivity contribution is -0.130. The largest absolute Gasteiger partial charge is 0.501 e. The predicted octanol–water partition coefficient (Wildman–Crippen LogP) is 5.69. The van der Waals surface area contributed by atoms with E-state index in [1.54, 1.807) is 11.9 Å². The Kier molecular flexibility index (Phi) is 8.08. The summed E-state index contributed by atoms with van der Waals surface area (Å²) in [5.41, 5.74) is 1.87. The Morgan fingerprint density at radius 2 is 2.00 bits per heavy atom. The smallest absolute Gasteiger partial charge is 0.159 e. The highest BCUT2D eigenvalue weighted by atomic mass is 16.5. The second-order valence-electron chi connectivity index (χ2n) is 11.2. The number of carbonyl (C=O) groups excluding carboxylic acids is 1. The SMILES string of the molecule is CCCC(C)(COC)C1CCC2(C)C(C(=O)Cn3nc(C)c(C=C(C)OC)n3)CCC2C1C. The maximum Gasteiger partial charge on any atom is 0.159 e. The van der Waals surface area contributed by atoms with Crippen molar-refractivity contribution in [3.05, 3.63) is 17.1 Å². The molecule has 2 saturated carbocycles. The van der Waals surface area contributed by atoms with Crippen molar-refractivity contribution in [1.82, 2.24) is 15.0 Å². The molecule has 2 aliphatic rings. The molecular weight excluding hydrogens is 414 g/mol. The van der Waals surface area contributed by atoms with Gasteiger partial charge in [-0.25, -0.2) is 0 Å². The molecule has 6 atom stereocenters. The number of rotatable bonds is 10. The van der Waals surface area contributed by atoms with Crippen molar-refractivity contribution in [3.8, 4) is 0 Å². The average molecular weight is 460 g/mol. The van der Waals surface area contributed by atoms with Crippen LogP contribution in [0.2, 0.25) is 0 Å². The summed E-state index contributed by atoms with van der Waals surface area (Å²) in [6.45, 7) is 14.4. The molecule has 1 heterocycles. The van der Waals surface area contributed by atoms with E-state index in [1.165, 1.54) is 19.3 Å². The highest BCUT2D eigenvalue weighted by Crippen LogP contribution is 2.62. The fourth-order valence-electron chi connectivity index (χ4n) is 7.42. The van der Waals surface area contributed by atoms with Crippen LogP contribution in [0.3, 0.4) is 0 Å². The molecule has 6 unspecified atom stereocenters. The van der Waals surface area contributed by atoms with Gasteiger partial charge in [0.25, 0.3) is 0 Å². The van der Waals surface area contributed by atoms with Crippen LogP contribution in [0.4, 0.5) is 0 Å². The number of carbonyl (C=O) groups is 1. The molecule has 0 spiro atoms. The molecule has 0 saturated heterocycles. The van der Waals surface area contributed by atoms with Gasteiger partial charge in [-0.1, -0.05) is 34.1 Å². The van der Waals surface area contributed by atoms with Crippen LogP contribution in [0, 0.1) is 41.4 Å². The molecule has 0 amide bonds. The number of allylic oxidation sites excluding steroid dienone is 1. The van der Waals surface area contributed by atoms with Crippen molar-refractivity contribution >= 4 is 11.9 Å². The minimum atomic E-state index is 0.0742. The molecule has 186 valence electrons. The van der Waals surface area contributed by atoms with Crippen LogP contribution in [0.5, 0.6) is 0 Å². The zero-order valence-electron chi connectivity index (χ0n) is 22.1. The lowest BCUT2D eigenvalue weighted by Crippen LogP contribution is -2.48. The maximum absolute atomic E-state index is 13.5. The van der Waals surface area contributed by atoms with E-state index in [-0.39, 0.29) is 29.1 Å². The van der Waals surface area contributed by atoms with Crippen molar-refractivity contribution in [2.45, 2.75) is 86.6 Å². The lowest BCUT2D eigenvalue weighted by Gasteiger charge is -2.52. The summed E-state index contributed by atoms with van der Waals surface area (Å²) >= 11 is 0. The quantitative estimate of drug-likeness (QED) is 0.420. The summed E-state index contributed by atoms with van der Waals surface area (Å²) in [7, 11) is 3.47. The number of fused-ring (bicyclic) bond motifs is 1. The normalized spacial score (nSPS) is 31.8. The Labute approximate surface area is 200 Å². The van der Waals surface area contributed by atoms with Gasteiger partial charge in [-0.05, 0) is 74.5 Å². The first kappa shape index (κ1) is 25.9. The lowest BCUT2D eigenvalue weighted by atomic mass is 9.53. The molecule has 0 N–H and O–H groups in total. The standard InChI is InChI=1S/C27H45N3O3/c1-9-13-26(5,17-32-7)21-12-14-27(6)22(19(21)3)10-11-23(27)25(31)16-30-28-20(4)24(29-30)15-18(2)33-8/h15,19,21-23H,9-14,16-17H2,1-8H3. The van der Waals surface area contributed by atoms with Gasteiger partial charge in [-0.3, -0.25) is 4.79 Å². The Morgan fingerprint density at radius 3 is 2.64 bits per heavy atom. The van der Waals surface area contributed by atoms with E-state index in [4.69, 9.17) is 9.47 Å². The number of methoxy groups -OCH3 is 2. The van der Waals surface area contributed by atoms with Crippen LogP contribution >= 0.6 is 0 Å². The molecule has 6 nitrogen and oxygen atoms in total. The maximum atomic E-state index is 13.5. The van der Waals surface area contributed by atoms with E-state index in [2.05, 4.69) is 37.9 Å². The molecule has 0 aromatic carbocycles. The average Bonchev–Trinajstić information content (AvgIpc) is 3.27. The Bertz CT molecular complexity index is 855. The zero-order valence-corrected chi connectivity index (χ0v) is 22.1. The van der Waals surface area contributed by atoms with Crippen molar-refractivity contribution in [2.75, 3.05) is 20.8 Å². The number of nitrogens with zero attached hydrogens (tertiary/aromatic N) is 3. The van der Waals surface area contributed by atoms with Gasteiger partial charge in [0.15, 0.2) is 5.78 Å². The van der Waals surface area contributed by atoms with E-state index >= 15 is 0 Å². The number of Topliss-reactive ketones (excluding diaryl/α,β-unsaturated/α-hetero) is 1. The first-order valence-corrected chi connectivity index (χ1v) is 12.7. The van der Waals surface area contributed by atoms with Gasteiger partial charge in [-0.15, -0.1) is 0 Å². The number of aromatic nitrogens is 3. The Morgan fingerprint density at radius 1 is 1.27 bits per heavy atom. The molecule has 3 rings (SSSR count). The van der Waals surface area contributed by atoms with Crippen molar-refractivity contribution < 1.29 is 14.3 Å². The molecular formula is C27H45N3O3. The van der Waals surface area contributed by atoms with E-state index in [0.29, 0.717) is 17.8 Å². The van der Waals surface area contributed by atoms with Crippen LogP contribution in [0.1, 0.15) is 84.5 Å². The van der Waals surface area contributed by atoms with Crippen molar-refractivity contribution in [3.63, 3.8) is 0 Å². The van der Waals surface area contributed by atoms with E-state index in [0.717, 1.165) is 43.0 Å². The van der Waals surface area contributed by atoms with E-state index in [9.17, 15) is 4.79 Å². The van der Waals surface area contributed by atoms with E-state index < -0.39 is 0 Å². The Balaban J connectivity index is 1.74. The topological polar surface area (TPSA) is 66.2 Å². The molecule has 0 radical (unpaired) electrons. The minimum Gasteiger partial charge on any atom is -0.501 e. The molecule has 33 heavy (non-hydrogen) atoms. The van der Waals surface area contributed by atoms with E-state index in [1.807, 2.05) is 27.0 Å². The monoisotopic (exact) mass is 459 g/mol. The fraction of sp³-hybridized carbons (Fsp3) is 0.815. The Hall–Kier alpha value is -1.69. The molecule has 6 heteroatoms.